The van der Waals surface area contributed by atoms with Crippen molar-refractivity contribution in [3.8, 4) is 0 Å². The Balaban J connectivity index is 2.50. The molecule has 0 radical (unpaired) electrons. The van der Waals surface area contributed by atoms with E-state index in [-0.39, 0.29) is 17.0 Å². The summed E-state index contributed by atoms with van der Waals surface area (Å²) in [5.74, 6) is -0.489. The Morgan fingerprint density at radius 2 is 2.06 bits per heavy atom. The minimum atomic E-state index is -4.48. The molecule has 0 bridgehead atoms. The fraction of sp³-hybridized carbons (Fsp3) is 0.222. The predicted molar refractivity (Wildman–Crippen MR) is 64.9 cm³/mol. The van der Waals surface area contributed by atoms with Gasteiger partial charge in [0.05, 0.1) is 11.1 Å². The quantitative estimate of drug-likeness (QED) is 0.636. The number of aromatic amines is 1. The van der Waals surface area contributed by atoms with Gasteiger partial charge in [-0.3, -0.25) is 4.79 Å². The maximum Gasteiger partial charge on any atom is 0.417 e. The van der Waals surface area contributed by atoms with E-state index < -0.39 is 21.3 Å². The van der Waals surface area contributed by atoms with Crippen LogP contribution in [-0.2, 0) is 6.18 Å². The van der Waals surface area contributed by atoms with Crippen molar-refractivity contribution in [1.29, 1.82) is 0 Å². The van der Waals surface area contributed by atoms with Crippen LogP contribution in [0.3, 0.4) is 0 Å². The number of ketones is 1. The predicted octanol–water partition coefficient (Wildman–Crippen LogP) is 3.28. The van der Waals surface area contributed by atoms with Gasteiger partial charge in [0.2, 0.25) is 5.78 Å². The van der Waals surface area contributed by atoms with E-state index >= 15 is 0 Å². The summed E-state index contributed by atoms with van der Waals surface area (Å²) in [5.41, 5.74) is -0.771. The van der Waals surface area contributed by atoms with Crippen LogP contribution < -0.4 is 0 Å². The van der Waals surface area contributed by atoms with Crippen molar-refractivity contribution >= 4 is 48.8 Å². The van der Waals surface area contributed by atoms with Crippen LogP contribution in [0.4, 0.5) is 13.2 Å². The Morgan fingerprint density at radius 3 is 2.61 bits per heavy atom. The smallest absolute Gasteiger partial charge is 0.334 e. The summed E-state index contributed by atoms with van der Waals surface area (Å²) in [5, 5.41) is 0. The minimum absolute atomic E-state index is 0.0597. The second kappa shape index (κ2) is 4.61. The molecule has 18 heavy (non-hydrogen) atoms. The number of rotatable bonds is 2. The maximum atomic E-state index is 12.5. The van der Waals surface area contributed by atoms with Gasteiger partial charge in [-0.25, -0.2) is 9.97 Å². The van der Waals surface area contributed by atoms with Gasteiger partial charge in [0, 0.05) is 6.20 Å². The Kier molecular flexibility index (Phi) is 3.45. The SMILES string of the molecule is O=C(c1nc2ncc(C(F)(F)F)cc2[nH]1)C(Br)Br. The lowest BCUT2D eigenvalue weighted by Crippen LogP contribution is -2.08. The van der Waals surface area contributed by atoms with Gasteiger partial charge in [0.25, 0.3) is 0 Å². The standard InChI is InChI=1S/C9H4Br2F3N3O/c10-6(11)5(18)8-16-4-1-3(9(12,13)14)2-15-7(4)17-8/h1-2,6H,(H,15,16,17). The van der Waals surface area contributed by atoms with Crippen LogP contribution in [-0.4, -0.2) is 24.5 Å². The molecule has 2 aromatic heterocycles. The zero-order valence-corrected chi connectivity index (χ0v) is 11.6. The highest BCUT2D eigenvalue weighted by atomic mass is 79.9. The van der Waals surface area contributed by atoms with Gasteiger partial charge in [-0.15, -0.1) is 0 Å². The molecule has 0 fully saturated rings. The zero-order valence-electron chi connectivity index (χ0n) is 8.42. The number of imidazole rings is 1. The van der Waals surface area contributed by atoms with E-state index in [2.05, 4.69) is 46.8 Å². The van der Waals surface area contributed by atoms with Crippen molar-refractivity contribution < 1.29 is 18.0 Å². The van der Waals surface area contributed by atoms with Crippen molar-refractivity contribution in [1.82, 2.24) is 15.0 Å². The summed E-state index contributed by atoms with van der Waals surface area (Å²) < 4.78 is 36.7. The number of aromatic nitrogens is 3. The molecule has 4 nitrogen and oxygen atoms in total. The van der Waals surface area contributed by atoms with Crippen molar-refractivity contribution in [2.45, 2.75) is 9.91 Å². The zero-order chi connectivity index (χ0) is 13.5. The van der Waals surface area contributed by atoms with Crippen LogP contribution in [0.2, 0.25) is 0 Å². The first kappa shape index (κ1) is 13.5. The van der Waals surface area contributed by atoms with Gasteiger partial charge in [-0.05, 0) is 6.07 Å². The van der Waals surface area contributed by atoms with Gasteiger partial charge >= 0.3 is 6.18 Å². The molecular formula is C9H4Br2F3N3O. The van der Waals surface area contributed by atoms with Crippen molar-refractivity contribution in [2.24, 2.45) is 0 Å². The van der Waals surface area contributed by atoms with E-state index in [1.165, 1.54) is 0 Å². The normalized spacial score (nSPS) is 12.3. The largest absolute Gasteiger partial charge is 0.417 e. The maximum absolute atomic E-state index is 12.5. The monoisotopic (exact) mass is 385 g/mol. The second-order valence-corrected chi connectivity index (χ2v) is 6.40. The van der Waals surface area contributed by atoms with E-state index in [9.17, 15) is 18.0 Å². The number of fused-ring (bicyclic) bond motifs is 1. The Bertz CT molecular complexity index is 609. The molecule has 0 amide bonds. The van der Waals surface area contributed by atoms with E-state index in [0.717, 1.165) is 6.07 Å². The third-order valence-corrected chi connectivity index (χ3v) is 2.93. The number of carbonyl (C=O) groups excluding carboxylic acids is 1. The molecule has 96 valence electrons. The summed E-state index contributed by atoms with van der Waals surface area (Å²) >= 11 is 5.97. The number of nitrogens with one attached hydrogen (secondary N) is 1. The number of H-pyrrole nitrogens is 1. The van der Waals surface area contributed by atoms with Gasteiger partial charge in [0.1, 0.15) is 3.74 Å². The second-order valence-electron chi connectivity index (χ2n) is 3.34. The highest BCUT2D eigenvalue weighted by molar-refractivity contribution is 9.25. The number of halogens is 5. The van der Waals surface area contributed by atoms with Crippen LogP contribution in [0.25, 0.3) is 11.2 Å². The summed E-state index contributed by atoms with van der Waals surface area (Å²) in [7, 11) is 0. The molecule has 2 rings (SSSR count). The van der Waals surface area contributed by atoms with Crippen molar-refractivity contribution in [2.75, 3.05) is 0 Å². The van der Waals surface area contributed by atoms with Crippen LogP contribution in [0.15, 0.2) is 12.3 Å². The number of hydrogen-bond donors (Lipinski definition) is 1. The molecule has 1 N–H and O–H groups in total. The third-order valence-electron chi connectivity index (χ3n) is 2.10. The lowest BCUT2D eigenvalue weighted by atomic mass is 10.2. The summed E-state index contributed by atoms with van der Waals surface area (Å²) in [6, 6.07) is 0.865. The molecule has 0 saturated heterocycles. The molecule has 0 aromatic carbocycles. The van der Waals surface area contributed by atoms with Gasteiger partial charge in [-0.2, -0.15) is 13.2 Å². The molecule has 0 saturated carbocycles. The first-order valence-electron chi connectivity index (χ1n) is 4.54. The van der Waals surface area contributed by atoms with Gasteiger partial charge < -0.3 is 4.98 Å². The van der Waals surface area contributed by atoms with E-state index in [4.69, 9.17) is 0 Å². The molecule has 2 aromatic rings. The fourth-order valence-corrected chi connectivity index (χ4v) is 1.71. The number of hydrogen-bond acceptors (Lipinski definition) is 3. The van der Waals surface area contributed by atoms with E-state index in [0.29, 0.717) is 6.20 Å². The average Bonchev–Trinajstić information content (AvgIpc) is 2.68. The Hall–Kier alpha value is -0.960. The van der Waals surface area contributed by atoms with E-state index in [1.807, 2.05) is 0 Å². The number of carbonyl (C=O) groups is 1. The van der Waals surface area contributed by atoms with Crippen LogP contribution in [0.5, 0.6) is 0 Å². The average molecular weight is 387 g/mol. The number of nitrogens with zero attached hydrogens (tertiary/aromatic N) is 2. The molecule has 0 aliphatic carbocycles. The number of Topliss-reactive ketones (excluding diaryl/α,β-unsaturated/α-hetero) is 1. The lowest BCUT2D eigenvalue weighted by Gasteiger charge is -2.04. The third kappa shape index (κ3) is 2.56. The van der Waals surface area contributed by atoms with Crippen LogP contribution in [0, 0.1) is 0 Å². The van der Waals surface area contributed by atoms with Crippen LogP contribution >= 0.6 is 31.9 Å². The highest BCUT2D eigenvalue weighted by Gasteiger charge is 2.31. The Labute approximate surface area is 115 Å². The van der Waals surface area contributed by atoms with Gasteiger partial charge in [-0.1, -0.05) is 31.9 Å². The fourth-order valence-electron chi connectivity index (χ4n) is 1.28. The molecular weight excluding hydrogens is 383 g/mol. The molecule has 2 heterocycles. The van der Waals surface area contributed by atoms with Crippen LogP contribution in [0.1, 0.15) is 16.2 Å². The molecule has 0 atom stereocenters. The van der Waals surface area contributed by atoms with Crippen molar-refractivity contribution in [3.05, 3.63) is 23.7 Å². The highest BCUT2D eigenvalue weighted by Crippen LogP contribution is 2.30. The first-order chi connectivity index (χ1) is 8.29. The molecule has 0 aliphatic heterocycles. The summed E-state index contributed by atoms with van der Waals surface area (Å²) in [4.78, 5) is 21.4. The molecule has 0 spiro atoms. The molecule has 0 unspecified atom stereocenters. The molecule has 9 heteroatoms. The Morgan fingerprint density at radius 1 is 1.39 bits per heavy atom. The van der Waals surface area contributed by atoms with E-state index in [1.54, 1.807) is 0 Å². The number of pyridine rings is 1. The minimum Gasteiger partial charge on any atom is -0.334 e. The first-order valence-corrected chi connectivity index (χ1v) is 6.37. The summed E-state index contributed by atoms with van der Waals surface area (Å²) in [6.45, 7) is 0. The van der Waals surface area contributed by atoms with Gasteiger partial charge in [0.15, 0.2) is 11.5 Å². The lowest BCUT2D eigenvalue weighted by molar-refractivity contribution is -0.137. The summed E-state index contributed by atoms with van der Waals surface area (Å²) in [6.07, 6.45) is -3.80. The topological polar surface area (TPSA) is 58.6 Å². The number of alkyl halides is 5. The molecule has 0 aliphatic rings. The van der Waals surface area contributed by atoms with Crippen molar-refractivity contribution in [3.63, 3.8) is 0 Å².